The van der Waals surface area contributed by atoms with Crippen LogP contribution in [-0.4, -0.2) is 31.2 Å². The van der Waals surface area contributed by atoms with Crippen LogP contribution in [0.25, 0.3) is 0 Å². The highest BCUT2D eigenvalue weighted by atomic mass is 35.5. The van der Waals surface area contributed by atoms with E-state index in [4.69, 9.17) is 21.1 Å². The smallest absolute Gasteiger partial charge is 0.240 e. The molecule has 0 radical (unpaired) electrons. The number of benzene rings is 1. The van der Waals surface area contributed by atoms with E-state index in [1.54, 1.807) is 13.1 Å². The maximum Gasteiger partial charge on any atom is 0.240 e. The Bertz CT molecular complexity index is 640. The van der Waals surface area contributed by atoms with E-state index in [1.165, 1.54) is 32.5 Å². The Balaban J connectivity index is 2.50. The normalized spacial score (nSPS) is 12.0. The van der Waals surface area contributed by atoms with Crippen molar-refractivity contribution in [3.05, 3.63) is 46.5 Å². The minimum Gasteiger partial charge on any atom is -0.480 e. The van der Waals surface area contributed by atoms with Gasteiger partial charge in [0.15, 0.2) is 0 Å². The van der Waals surface area contributed by atoms with Crippen LogP contribution in [-0.2, 0) is 0 Å². The summed E-state index contributed by atoms with van der Waals surface area (Å²) in [6.07, 6.45) is 1.49. The number of nitrogens with one attached hydrogen (secondary N) is 1. The van der Waals surface area contributed by atoms with Crippen LogP contribution in [0.5, 0.6) is 11.8 Å². The number of ether oxygens (including phenoxy) is 2. The first-order valence-corrected chi connectivity index (χ1v) is 6.55. The third kappa shape index (κ3) is 3.22. The first-order valence-electron chi connectivity index (χ1n) is 6.17. The van der Waals surface area contributed by atoms with Gasteiger partial charge in [-0.3, -0.25) is 0 Å². The highest BCUT2D eigenvalue weighted by Gasteiger charge is 2.22. The summed E-state index contributed by atoms with van der Waals surface area (Å²) in [5.41, 5.74) is 1.22. The van der Waals surface area contributed by atoms with Crippen LogP contribution >= 0.6 is 11.6 Å². The van der Waals surface area contributed by atoms with Gasteiger partial charge in [-0.1, -0.05) is 17.7 Å². The topological polar surface area (TPSA) is 56.3 Å². The molecule has 0 amide bonds. The van der Waals surface area contributed by atoms with E-state index in [2.05, 4.69) is 15.3 Å². The highest BCUT2D eigenvalue weighted by Crippen LogP contribution is 2.32. The minimum absolute atomic E-state index is 0.300. The third-order valence-electron chi connectivity index (χ3n) is 2.98. The zero-order valence-corrected chi connectivity index (χ0v) is 12.6. The molecular formula is C14H15ClFN3O2. The summed E-state index contributed by atoms with van der Waals surface area (Å²) in [7, 11) is 4.73. The van der Waals surface area contributed by atoms with Gasteiger partial charge in [-0.25, -0.2) is 9.37 Å². The van der Waals surface area contributed by atoms with Gasteiger partial charge in [0.05, 0.1) is 26.5 Å². The second kappa shape index (κ2) is 6.69. The molecule has 7 heteroatoms. The molecule has 1 aromatic heterocycles. The Morgan fingerprint density at radius 3 is 2.62 bits per heavy atom. The largest absolute Gasteiger partial charge is 0.480 e. The van der Waals surface area contributed by atoms with Gasteiger partial charge >= 0.3 is 0 Å². The number of nitrogens with zero attached hydrogens (tertiary/aromatic N) is 2. The number of methoxy groups -OCH3 is 2. The molecule has 0 fully saturated rings. The molecule has 2 aromatic rings. The zero-order valence-electron chi connectivity index (χ0n) is 11.9. The minimum atomic E-state index is -0.397. The molecule has 2 rings (SSSR count). The summed E-state index contributed by atoms with van der Waals surface area (Å²) in [5.74, 6) is 0.260. The summed E-state index contributed by atoms with van der Waals surface area (Å²) >= 11 is 6.11. The van der Waals surface area contributed by atoms with Crippen molar-refractivity contribution in [1.82, 2.24) is 15.3 Å². The molecule has 0 bridgehead atoms. The molecule has 0 spiro atoms. The van der Waals surface area contributed by atoms with Crippen LogP contribution in [0.15, 0.2) is 24.4 Å². The maximum absolute atomic E-state index is 13.2. The first kappa shape index (κ1) is 15.5. The summed E-state index contributed by atoms with van der Waals surface area (Å²) in [5, 5.41) is 3.38. The lowest BCUT2D eigenvalue weighted by atomic mass is 10.0. The fourth-order valence-electron chi connectivity index (χ4n) is 1.99. The van der Waals surface area contributed by atoms with Crippen molar-refractivity contribution in [3.8, 4) is 11.8 Å². The predicted octanol–water partition coefficient (Wildman–Crippen LogP) is 2.60. The molecule has 1 N–H and O–H groups in total. The van der Waals surface area contributed by atoms with Crippen molar-refractivity contribution in [2.45, 2.75) is 6.04 Å². The average Bonchev–Trinajstić information content (AvgIpc) is 2.50. The van der Waals surface area contributed by atoms with Gasteiger partial charge < -0.3 is 14.8 Å². The molecule has 0 saturated heterocycles. The zero-order chi connectivity index (χ0) is 15.4. The number of hydrogen-bond donors (Lipinski definition) is 1. The van der Waals surface area contributed by atoms with Crippen molar-refractivity contribution in [3.63, 3.8) is 0 Å². The van der Waals surface area contributed by atoms with Gasteiger partial charge in [0.1, 0.15) is 11.5 Å². The van der Waals surface area contributed by atoms with Gasteiger partial charge in [0.25, 0.3) is 0 Å². The quantitative estimate of drug-likeness (QED) is 0.920. The SMILES string of the molecule is CNC(c1ccc(F)cc1Cl)c1ncc(OC)nc1OC. The molecule has 1 atom stereocenters. The van der Waals surface area contributed by atoms with Crippen LogP contribution < -0.4 is 14.8 Å². The van der Waals surface area contributed by atoms with Crippen LogP contribution in [0.4, 0.5) is 4.39 Å². The fourth-order valence-corrected chi connectivity index (χ4v) is 2.26. The summed E-state index contributed by atoms with van der Waals surface area (Å²) in [6, 6.07) is 3.82. The molecule has 0 aliphatic heterocycles. The molecule has 112 valence electrons. The number of halogens is 2. The van der Waals surface area contributed by atoms with Crippen LogP contribution in [0.1, 0.15) is 17.3 Å². The lowest BCUT2D eigenvalue weighted by Gasteiger charge is -2.19. The highest BCUT2D eigenvalue weighted by molar-refractivity contribution is 6.31. The lowest BCUT2D eigenvalue weighted by Crippen LogP contribution is -2.20. The van der Waals surface area contributed by atoms with E-state index in [0.29, 0.717) is 28.0 Å². The third-order valence-corrected chi connectivity index (χ3v) is 3.31. The van der Waals surface area contributed by atoms with Gasteiger partial charge in [0.2, 0.25) is 11.8 Å². The van der Waals surface area contributed by atoms with Crippen molar-refractivity contribution in [2.24, 2.45) is 0 Å². The van der Waals surface area contributed by atoms with Crippen LogP contribution in [0.3, 0.4) is 0 Å². The summed E-state index contributed by atoms with van der Waals surface area (Å²) in [6.45, 7) is 0. The Hall–Kier alpha value is -1.92. The molecule has 21 heavy (non-hydrogen) atoms. The predicted molar refractivity (Wildman–Crippen MR) is 77.4 cm³/mol. The Morgan fingerprint density at radius 2 is 2.05 bits per heavy atom. The van der Waals surface area contributed by atoms with E-state index >= 15 is 0 Å². The Kier molecular flexibility index (Phi) is 4.93. The van der Waals surface area contributed by atoms with Crippen LogP contribution in [0.2, 0.25) is 5.02 Å². The van der Waals surface area contributed by atoms with Crippen molar-refractivity contribution in [1.29, 1.82) is 0 Å². The molecule has 0 saturated carbocycles. The second-order valence-electron chi connectivity index (χ2n) is 4.19. The van der Waals surface area contributed by atoms with Crippen molar-refractivity contribution >= 4 is 11.6 Å². The summed E-state index contributed by atoms with van der Waals surface area (Å²) in [4.78, 5) is 8.49. The fraction of sp³-hybridized carbons (Fsp3) is 0.286. The number of rotatable bonds is 5. The van der Waals surface area contributed by atoms with Gasteiger partial charge in [-0.15, -0.1) is 0 Å². The van der Waals surface area contributed by atoms with E-state index in [0.717, 1.165) is 0 Å². The second-order valence-corrected chi connectivity index (χ2v) is 4.60. The van der Waals surface area contributed by atoms with Gasteiger partial charge in [0, 0.05) is 5.02 Å². The number of hydrogen-bond acceptors (Lipinski definition) is 5. The number of aromatic nitrogens is 2. The molecular weight excluding hydrogens is 297 g/mol. The standard InChI is InChI=1S/C14H15ClFN3O2/c1-17-12(9-5-4-8(16)6-10(9)15)13-14(21-3)19-11(20-2)7-18-13/h4-7,12,17H,1-3H3. The van der Waals surface area contributed by atoms with E-state index in [9.17, 15) is 4.39 Å². The van der Waals surface area contributed by atoms with E-state index in [-0.39, 0.29) is 6.04 Å². The van der Waals surface area contributed by atoms with E-state index in [1.807, 2.05) is 0 Å². The maximum atomic E-state index is 13.2. The molecule has 1 heterocycles. The molecule has 0 aliphatic rings. The molecule has 1 unspecified atom stereocenters. The first-order chi connectivity index (χ1) is 10.1. The van der Waals surface area contributed by atoms with Crippen molar-refractivity contribution < 1.29 is 13.9 Å². The molecule has 0 aliphatic carbocycles. The van der Waals surface area contributed by atoms with Gasteiger partial charge in [-0.05, 0) is 24.7 Å². The Morgan fingerprint density at radius 1 is 1.29 bits per heavy atom. The molecule has 1 aromatic carbocycles. The van der Waals surface area contributed by atoms with Crippen molar-refractivity contribution in [2.75, 3.05) is 21.3 Å². The summed E-state index contributed by atoms with van der Waals surface area (Å²) < 4.78 is 23.5. The van der Waals surface area contributed by atoms with Gasteiger partial charge in [-0.2, -0.15) is 4.98 Å². The van der Waals surface area contributed by atoms with Crippen LogP contribution in [0, 0.1) is 5.82 Å². The average molecular weight is 312 g/mol. The van der Waals surface area contributed by atoms with E-state index < -0.39 is 5.82 Å². The Labute approximate surface area is 127 Å². The molecule has 5 nitrogen and oxygen atoms in total. The lowest BCUT2D eigenvalue weighted by molar-refractivity contribution is 0.353. The monoisotopic (exact) mass is 311 g/mol.